The van der Waals surface area contributed by atoms with Gasteiger partial charge in [-0.1, -0.05) is 17.7 Å². The molecule has 1 aromatic rings. The maximum absolute atomic E-state index is 6.40. The smallest absolute Gasteiger partial charge is 0.0471 e. The molecule has 1 rings (SSSR count). The molecule has 0 unspecified atom stereocenters. The van der Waals surface area contributed by atoms with E-state index >= 15 is 0 Å². The van der Waals surface area contributed by atoms with Gasteiger partial charge in [-0.15, -0.1) is 0 Å². The van der Waals surface area contributed by atoms with Crippen LogP contribution in [-0.4, -0.2) is 18.1 Å². The Labute approximate surface area is 123 Å². The highest BCUT2D eigenvalue weighted by atomic mass is 35.5. The van der Waals surface area contributed by atoms with Crippen molar-refractivity contribution in [1.29, 1.82) is 0 Å². The summed E-state index contributed by atoms with van der Waals surface area (Å²) in [6.07, 6.45) is 0. The molecule has 1 aromatic carbocycles. The quantitative estimate of drug-likeness (QED) is 0.858. The number of hydrogen-bond acceptors (Lipinski definition) is 2. The lowest BCUT2D eigenvalue weighted by Crippen LogP contribution is -2.35. The van der Waals surface area contributed by atoms with E-state index in [2.05, 4.69) is 70.0 Å². The average molecular weight is 283 g/mol. The Morgan fingerprint density at radius 3 is 2.32 bits per heavy atom. The fourth-order valence-electron chi connectivity index (χ4n) is 2.06. The number of hydrogen-bond donors (Lipinski definition) is 1. The van der Waals surface area contributed by atoms with Gasteiger partial charge in [-0.05, 0) is 59.2 Å². The molecule has 1 N–H and O–H groups in total. The van der Waals surface area contributed by atoms with Gasteiger partial charge in [-0.3, -0.25) is 0 Å². The van der Waals surface area contributed by atoms with Crippen molar-refractivity contribution in [3.63, 3.8) is 0 Å². The maximum Gasteiger partial charge on any atom is 0.0471 e. The van der Waals surface area contributed by atoms with E-state index in [1.165, 1.54) is 5.69 Å². The fourth-order valence-corrected chi connectivity index (χ4v) is 2.31. The van der Waals surface area contributed by atoms with Gasteiger partial charge in [-0.25, -0.2) is 0 Å². The molecule has 0 saturated carbocycles. The Morgan fingerprint density at radius 1 is 1.26 bits per heavy atom. The molecular weight excluding hydrogens is 256 g/mol. The minimum atomic E-state index is 0.107. The topological polar surface area (TPSA) is 15.3 Å². The van der Waals surface area contributed by atoms with Crippen LogP contribution in [0.2, 0.25) is 5.02 Å². The van der Waals surface area contributed by atoms with Crippen LogP contribution in [0.1, 0.15) is 47.1 Å². The standard InChI is InChI=1S/C16H27ClN2/c1-7-19(12(2)3)14-9-8-13(15(17)10-14)11-18-16(4,5)6/h8-10,12,18H,7,11H2,1-6H3. The van der Waals surface area contributed by atoms with Crippen molar-refractivity contribution in [3.8, 4) is 0 Å². The number of nitrogens with zero attached hydrogens (tertiary/aromatic N) is 1. The van der Waals surface area contributed by atoms with Crippen molar-refractivity contribution < 1.29 is 0 Å². The van der Waals surface area contributed by atoms with Crippen LogP contribution < -0.4 is 10.2 Å². The van der Waals surface area contributed by atoms with Crippen LogP contribution in [0.25, 0.3) is 0 Å². The Kier molecular flexibility index (Phi) is 5.69. The lowest BCUT2D eigenvalue weighted by molar-refractivity contribution is 0.424. The molecule has 0 atom stereocenters. The fraction of sp³-hybridized carbons (Fsp3) is 0.625. The van der Waals surface area contributed by atoms with E-state index in [4.69, 9.17) is 11.6 Å². The summed E-state index contributed by atoms with van der Waals surface area (Å²) in [6.45, 7) is 14.8. The second kappa shape index (κ2) is 6.62. The SMILES string of the molecule is CCN(c1ccc(CNC(C)(C)C)c(Cl)c1)C(C)C. The molecule has 2 nitrogen and oxygen atoms in total. The molecule has 3 heteroatoms. The Morgan fingerprint density at radius 2 is 1.89 bits per heavy atom. The van der Waals surface area contributed by atoms with Crippen LogP contribution in [0.4, 0.5) is 5.69 Å². The number of anilines is 1. The summed E-state index contributed by atoms with van der Waals surface area (Å²) in [6, 6.07) is 6.85. The van der Waals surface area contributed by atoms with Crippen molar-refractivity contribution in [2.75, 3.05) is 11.4 Å². The normalized spacial score (nSPS) is 12.0. The predicted molar refractivity (Wildman–Crippen MR) is 86.2 cm³/mol. The second-order valence-electron chi connectivity index (χ2n) is 6.26. The summed E-state index contributed by atoms with van der Waals surface area (Å²) < 4.78 is 0. The van der Waals surface area contributed by atoms with Gasteiger partial charge in [0.05, 0.1) is 0 Å². The molecule has 19 heavy (non-hydrogen) atoms. The van der Waals surface area contributed by atoms with Crippen molar-refractivity contribution in [3.05, 3.63) is 28.8 Å². The summed E-state index contributed by atoms with van der Waals surface area (Å²) in [7, 11) is 0. The van der Waals surface area contributed by atoms with Crippen molar-refractivity contribution in [2.45, 2.75) is 59.7 Å². The van der Waals surface area contributed by atoms with Crippen LogP contribution in [0, 0.1) is 0 Å². The van der Waals surface area contributed by atoms with E-state index in [0.29, 0.717) is 6.04 Å². The van der Waals surface area contributed by atoms with Crippen molar-refractivity contribution in [1.82, 2.24) is 5.32 Å². The van der Waals surface area contributed by atoms with Crippen molar-refractivity contribution in [2.24, 2.45) is 0 Å². The van der Waals surface area contributed by atoms with Gasteiger partial charge in [0.15, 0.2) is 0 Å². The molecule has 0 bridgehead atoms. The first-order chi connectivity index (χ1) is 8.74. The molecule has 0 amide bonds. The van der Waals surface area contributed by atoms with Crippen LogP contribution >= 0.6 is 11.6 Å². The van der Waals surface area contributed by atoms with E-state index in [1.807, 2.05) is 0 Å². The van der Waals surface area contributed by atoms with Crippen LogP contribution in [0.3, 0.4) is 0 Å². The van der Waals surface area contributed by atoms with Gasteiger partial charge in [0.25, 0.3) is 0 Å². The lowest BCUT2D eigenvalue weighted by Gasteiger charge is -2.28. The van der Waals surface area contributed by atoms with E-state index < -0.39 is 0 Å². The zero-order valence-electron chi connectivity index (χ0n) is 13.0. The van der Waals surface area contributed by atoms with Crippen molar-refractivity contribution >= 4 is 17.3 Å². The van der Waals surface area contributed by atoms with Gasteiger partial charge in [0.2, 0.25) is 0 Å². The molecule has 0 aliphatic heterocycles. The maximum atomic E-state index is 6.40. The van der Waals surface area contributed by atoms with E-state index in [9.17, 15) is 0 Å². The number of benzene rings is 1. The Bertz CT molecular complexity index is 408. The summed E-state index contributed by atoms with van der Waals surface area (Å²) in [4.78, 5) is 2.34. The first-order valence-corrected chi connectivity index (χ1v) is 7.42. The second-order valence-corrected chi connectivity index (χ2v) is 6.67. The molecule has 0 aromatic heterocycles. The summed E-state index contributed by atoms with van der Waals surface area (Å²) in [5, 5.41) is 4.31. The number of halogens is 1. The molecular formula is C16H27ClN2. The Balaban J connectivity index is 2.85. The first kappa shape index (κ1) is 16.3. The molecule has 0 radical (unpaired) electrons. The van der Waals surface area contributed by atoms with Crippen LogP contribution in [-0.2, 0) is 6.54 Å². The summed E-state index contributed by atoms with van der Waals surface area (Å²) >= 11 is 6.40. The largest absolute Gasteiger partial charge is 0.369 e. The molecule has 0 heterocycles. The van der Waals surface area contributed by atoms with Gasteiger partial charge in [0.1, 0.15) is 0 Å². The molecule has 0 spiro atoms. The third kappa shape index (κ3) is 5.04. The third-order valence-electron chi connectivity index (χ3n) is 3.14. The van der Waals surface area contributed by atoms with Gasteiger partial charge in [-0.2, -0.15) is 0 Å². The van der Waals surface area contributed by atoms with E-state index in [0.717, 1.165) is 23.7 Å². The van der Waals surface area contributed by atoms with Gasteiger partial charge >= 0.3 is 0 Å². The minimum absolute atomic E-state index is 0.107. The predicted octanol–water partition coefficient (Wildman–Crippen LogP) is 4.46. The third-order valence-corrected chi connectivity index (χ3v) is 3.49. The zero-order valence-corrected chi connectivity index (χ0v) is 13.8. The first-order valence-electron chi connectivity index (χ1n) is 7.04. The monoisotopic (exact) mass is 282 g/mol. The Hall–Kier alpha value is -0.730. The van der Waals surface area contributed by atoms with E-state index in [1.54, 1.807) is 0 Å². The highest BCUT2D eigenvalue weighted by molar-refractivity contribution is 6.31. The molecule has 0 aliphatic carbocycles. The number of rotatable bonds is 5. The summed E-state index contributed by atoms with van der Waals surface area (Å²) in [5.41, 5.74) is 2.46. The highest BCUT2D eigenvalue weighted by Crippen LogP contribution is 2.25. The highest BCUT2D eigenvalue weighted by Gasteiger charge is 2.12. The van der Waals surface area contributed by atoms with E-state index in [-0.39, 0.29) is 5.54 Å². The molecule has 0 fully saturated rings. The minimum Gasteiger partial charge on any atom is -0.369 e. The van der Waals surface area contributed by atoms with Crippen LogP contribution in [0.15, 0.2) is 18.2 Å². The van der Waals surface area contributed by atoms with Gasteiger partial charge < -0.3 is 10.2 Å². The molecule has 108 valence electrons. The van der Waals surface area contributed by atoms with Crippen LogP contribution in [0.5, 0.6) is 0 Å². The molecule has 0 saturated heterocycles. The average Bonchev–Trinajstić information content (AvgIpc) is 2.27. The lowest BCUT2D eigenvalue weighted by atomic mass is 10.1. The zero-order chi connectivity index (χ0) is 14.6. The summed E-state index contributed by atoms with van der Waals surface area (Å²) in [5.74, 6) is 0. The number of nitrogens with one attached hydrogen (secondary N) is 1. The van der Waals surface area contributed by atoms with Gasteiger partial charge in [0, 0.05) is 35.4 Å². The molecule has 0 aliphatic rings.